The summed E-state index contributed by atoms with van der Waals surface area (Å²) in [6.45, 7) is 5.42. The minimum absolute atomic E-state index is 0.0346. The largest absolute Gasteiger partial charge is 0.407 e. The second-order valence-electron chi connectivity index (χ2n) is 8.71. The fraction of sp³-hybridized carbons (Fsp3) is 0.522. The van der Waals surface area contributed by atoms with Crippen LogP contribution in [-0.2, 0) is 14.4 Å². The number of primary amides is 1. The summed E-state index contributed by atoms with van der Waals surface area (Å²) >= 11 is 0. The predicted molar refractivity (Wildman–Crippen MR) is 132 cm³/mol. The van der Waals surface area contributed by atoms with Crippen molar-refractivity contribution in [2.45, 2.75) is 64.6 Å². The van der Waals surface area contributed by atoms with Gasteiger partial charge in [-0.15, -0.1) is 0 Å². The van der Waals surface area contributed by atoms with Crippen molar-refractivity contribution in [1.82, 2.24) is 26.5 Å². The Bertz CT molecular complexity index is 915. The third-order valence-electron chi connectivity index (χ3n) is 5.30. The zero-order chi connectivity index (χ0) is 27.3. The van der Waals surface area contributed by atoms with E-state index in [0.29, 0.717) is 18.4 Å². The van der Waals surface area contributed by atoms with Crippen LogP contribution >= 0.6 is 0 Å². The number of carbonyl (C=O) groups excluding carboxylic acids is 5. The standard InChI is InChI=1S/C23H34BFN6O5/c1-13(2)19(22(35)29-17(21(34)31-24)5-4-12-27-23(26)36)30-18(32)11-6-14(3)28-20(33)15-7-9-16(25)10-8-15/h7-10,13-14,17,19H,4-6,11-12H2,1-3H3,(H,28,33)(H,29,35)(H,30,32)(H,31,34)(H3,26,27,36)/t14-,17+,19?/m1/s1. The molecule has 1 aromatic carbocycles. The maximum atomic E-state index is 13.0. The van der Waals surface area contributed by atoms with Gasteiger partial charge in [0.1, 0.15) is 17.9 Å². The molecule has 1 unspecified atom stereocenters. The van der Waals surface area contributed by atoms with Crippen LogP contribution in [0.2, 0.25) is 0 Å². The van der Waals surface area contributed by atoms with Crippen LogP contribution in [0.25, 0.3) is 0 Å². The molecule has 0 aromatic heterocycles. The zero-order valence-electron chi connectivity index (χ0n) is 20.7. The fourth-order valence-electron chi connectivity index (χ4n) is 3.26. The summed E-state index contributed by atoms with van der Waals surface area (Å²) in [4.78, 5) is 60.4. The molecule has 2 radical (unpaired) electrons. The van der Waals surface area contributed by atoms with Crippen LogP contribution < -0.4 is 32.2 Å². The van der Waals surface area contributed by atoms with E-state index in [1.165, 1.54) is 24.3 Å². The van der Waals surface area contributed by atoms with Crippen LogP contribution in [0.3, 0.4) is 0 Å². The van der Waals surface area contributed by atoms with Gasteiger partial charge in [-0.1, -0.05) is 13.8 Å². The summed E-state index contributed by atoms with van der Waals surface area (Å²) in [6.07, 6.45) is 0.865. The minimum Gasteiger partial charge on any atom is -0.407 e. The molecule has 1 aromatic rings. The first-order chi connectivity index (χ1) is 16.9. The summed E-state index contributed by atoms with van der Waals surface area (Å²) in [5, 5.41) is 12.4. The second kappa shape index (κ2) is 15.4. The van der Waals surface area contributed by atoms with Crippen molar-refractivity contribution < 1.29 is 28.4 Å². The van der Waals surface area contributed by atoms with Crippen molar-refractivity contribution in [3.8, 4) is 0 Å². The van der Waals surface area contributed by atoms with Crippen molar-refractivity contribution in [3.63, 3.8) is 0 Å². The van der Waals surface area contributed by atoms with Crippen LogP contribution in [0.15, 0.2) is 24.3 Å². The smallest absolute Gasteiger partial charge is 0.312 e. The Kier molecular flexibility index (Phi) is 13.0. The van der Waals surface area contributed by atoms with E-state index < -0.39 is 47.6 Å². The van der Waals surface area contributed by atoms with Gasteiger partial charge in [-0.05, 0) is 56.4 Å². The summed E-state index contributed by atoms with van der Waals surface area (Å²) < 4.78 is 13.0. The highest BCUT2D eigenvalue weighted by Crippen LogP contribution is 2.08. The number of nitrogens with two attached hydrogens (primary N) is 1. The van der Waals surface area contributed by atoms with Crippen molar-refractivity contribution in [2.24, 2.45) is 11.7 Å². The fourth-order valence-corrected chi connectivity index (χ4v) is 3.26. The zero-order valence-corrected chi connectivity index (χ0v) is 20.7. The van der Waals surface area contributed by atoms with Crippen LogP contribution in [0.1, 0.15) is 56.8 Å². The lowest BCUT2D eigenvalue weighted by molar-refractivity contribution is -0.132. The molecule has 1 rings (SSSR count). The van der Waals surface area contributed by atoms with Gasteiger partial charge in [0.05, 0.1) is 0 Å². The quantitative estimate of drug-likeness (QED) is 0.154. The monoisotopic (exact) mass is 504 g/mol. The van der Waals surface area contributed by atoms with Crippen molar-refractivity contribution >= 4 is 37.6 Å². The van der Waals surface area contributed by atoms with E-state index in [1.54, 1.807) is 20.8 Å². The molecule has 196 valence electrons. The Morgan fingerprint density at radius 2 is 1.58 bits per heavy atom. The third kappa shape index (κ3) is 11.2. The average Bonchev–Trinajstić information content (AvgIpc) is 2.82. The molecule has 0 fully saturated rings. The van der Waals surface area contributed by atoms with Crippen molar-refractivity contribution in [1.29, 1.82) is 0 Å². The summed E-state index contributed by atoms with van der Waals surface area (Å²) in [5.74, 6) is -2.72. The maximum Gasteiger partial charge on any atom is 0.312 e. The van der Waals surface area contributed by atoms with Crippen LogP contribution in [0.5, 0.6) is 0 Å². The lowest BCUT2D eigenvalue weighted by Gasteiger charge is -2.25. The second-order valence-corrected chi connectivity index (χ2v) is 8.71. The number of nitrogens with one attached hydrogen (secondary N) is 5. The summed E-state index contributed by atoms with van der Waals surface area (Å²) in [5.41, 5.74) is 5.30. The lowest BCUT2D eigenvalue weighted by Crippen LogP contribution is -2.55. The van der Waals surface area contributed by atoms with E-state index in [2.05, 4.69) is 21.3 Å². The first-order valence-corrected chi connectivity index (χ1v) is 11.6. The first-order valence-electron chi connectivity index (χ1n) is 11.6. The van der Waals surface area contributed by atoms with Crippen molar-refractivity contribution in [3.05, 3.63) is 35.6 Å². The molecule has 0 aliphatic heterocycles. The molecule has 0 bridgehead atoms. The highest BCUT2D eigenvalue weighted by molar-refractivity contribution is 6.15. The van der Waals surface area contributed by atoms with Gasteiger partial charge in [0.2, 0.25) is 25.7 Å². The van der Waals surface area contributed by atoms with Gasteiger partial charge >= 0.3 is 6.03 Å². The Balaban J connectivity index is 2.61. The molecule has 0 saturated heterocycles. The number of halogens is 1. The molecule has 7 N–H and O–H groups in total. The van der Waals surface area contributed by atoms with E-state index >= 15 is 0 Å². The van der Waals surface area contributed by atoms with Gasteiger partial charge in [-0.3, -0.25) is 19.2 Å². The highest BCUT2D eigenvalue weighted by atomic mass is 19.1. The van der Waals surface area contributed by atoms with E-state index in [1.807, 2.05) is 5.23 Å². The topological polar surface area (TPSA) is 172 Å². The van der Waals surface area contributed by atoms with Crippen LogP contribution in [-0.4, -0.2) is 62.3 Å². The molecular formula is C23H34BFN6O5. The molecule has 6 amide bonds. The minimum atomic E-state index is -0.975. The molecule has 13 heteroatoms. The van der Waals surface area contributed by atoms with Gasteiger partial charge in [0.15, 0.2) is 0 Å². The van der Waals surface area contributed by atoms with Gasteiger partial charge in [-0.25, -0.2) is 9.18 Å². The molecule has 0 aliphatic carbocycles. The Morgan fingerprint density at radius 1 is 0.944 bits per heavy atom. The Labute approximate surface area is 211 Å². The van der Waals surface area contributed by atoms with Crippen LogP contribution in [0, 0.1) is 11.7 Å². The first kappa shape index (κ1) is 30.4. The Morgan fingerprint density at radius 3 is 2.14 bits per heavy atom. The molecule has 11 nitrogen and oxygen atoms in total. The van der Waals surface area contributed by atoms with Gasteiger partial charge in [-0.2, -0.15) is 0 Å². The number of urea groups is 1. The average molecular weight is 504 g/mol. The van der Waals surface area contributed by atoms with Crippen LogP contribution in [0.4, 0.5) is 9.18 Å². The number of hydrogen-bond donors (Lipinski definition) is 6. The molecule has 0 aliphatic rings. The third-order valence-corrected chi connectivity index (χ3v) is 5.30. The summed E-state index contributed by atoms with van der Waals surface area (Å²) in [7, 11) is 5.21. The number of carbonyl (C=O) groups is 5. The van der Waals surface area contributed by atoms with Gasteiger partial charge in [0, 0.05) is 24.6 Å². The van der Waals surface area contributed by atoms with Gasteiger partial charge < -0.3 is 32.2 Å². The van der Waals surface area contributed by atoms with E-state index in [4.69, 9.17) is 13.7 Å². The lowest BCUT2D eigenvalue weighted by atomic mass is 10.0. The molecular weight excluding hydrogens is 470 g/mol. The molecule has 0 heterocycles. The number of rotatable bonds is 14. The number of amides is 6. The summed E-state index contributed by atoms with van der Waals surface area (Å²) in [6, 6.07) is 2.14. The number of hydrogen-bond acceptors (Lipinski definition) is 5. The van der Waals surface area contributed by atoms with Gasteiger partial charge in [0.25, 0.3) is 5.91 Å². The predicted octanol–water partition coefficient (Wildman–Crippen LogP) is -0.00200. The molecule has 36 heavy (non-hydrogen) atoms. The van der Waals surface area contributed by atoms with E-state index in [9.17, 15) is 28.4 Å². The molecule has 3 atom stereocenters. The SMILES string of the molecule is [B]NC(=O)[C@H](CCCNC(N)=O)NC(=O)C(NC(=O)CC[C@@H](C)NC(=O)c1ccc(F)cc1)C(C)C. The highest BCUT2D eigenvalue weighted by Gasteiger charge is 2.28. The van der Waals surface area contributed by atoms with E-state index in [-0.39, 0.29) is 31.3 Å². The van der Waals surface area contributed by atoms with Crippen molar-refractivity contribution in [2.75, 3.05) is 6.54 Å². The Hall–Kier alpha value is -3.64. The molecule has 0 spiro atoms. The molecule has 0 saturated carbocycles. The number of benzene rings is 1. The van der Waals surface area contributed by atoms with E-state index in [0.717, 1.165) is 0 Å². The normalized spacial score (nSPS) is 13.1. The maximum absolute atomic E-state index is 13.0.